The molecule has 4 nitrogen and oxygen atoms in total. The lowest BCUT2D eigenvalue weighted by atomic mass is 9.80. The van der Waals surface area contributed by atoms with E-state index in [4.69, 9.17) is 4.74 Å². The normalized spacial score (nSPS) is 26.1. The van der Waals surface area contributed by atoms with Crippen LogP contribution in [0.25, 0.3) is 10.5 Å². The quantitative estimate of drug-likeness (QED) is 0.710. The molecule has 0 bridgehead atoms. The lowest BCUT2D eigenvalue weighted by Crippen LogP contribution is -2.33. The van der Waals surface area contributed by atoms with Crippen LogP contribution in [0.2, 0.25) is 0 Å². The van der Waals surface area contributed by atoms with Gasteiger partial charge in [0.05, 0.1) is 0 Å². The van der Waals surface area contributed by atoms with Gasteiger partial charge in [0.25, 0.3) is 0 Å². The first-order valence-corrected chi connectivity index (χ1v) is 12.8. The molecule has 2 aliphatic heterocycles. The molecule has 3 atom stereocenters. The maximum Gasteiger partial charge on any atom is 0.119 e. The topological polar surface area (TPSA) is 52.9 Å². The van der Waals surface area contributed by atoms with Crippen molar-refractivity contribution in [2.24, 2.45) is 11.8 Å². The third kappa shape index (κ3) is 3.87. The summed E-state index contributed by atoms with van der Waals surface area (Å²) >= 11 is 1.81. The number of aliphatic hydroxyl groups excluding tert-OH is 1. The number of aromatic hydroxyl groups is 1. The molecule has 5 heteroatoms. The molecule has 2 heterocycles. The van der Waals surface area contributed by atoms with Gasteiger partial charge in [0, 0.05) is 28.5 Å². The van der Waals surface area contributed by atoms with Crippen molar-refractivity contribution in [3.63, 3.8) is 0 Å². The van der Waals surface area contributed by atoms with E-state index in [1.165, 1.54) is 53.6 Å². The van der Waals surface area contributed by atoms with E-state index < -0.39 is 0 Å². The molecule has 2 aliphatic carbocycles. The second-order valence-corrected chi connectivity index (χ2v) is 10.6. The van der Waals surface area contributed by atoms with Crippen LogP contribution in [0.1, 0.15) is 24.8 Å². The number of piperidine rings is 1. The molecule has 170 valence electrons. The van der Waals surface area contributed by atoms with Crippen LogP contribution in [-0.2, 0) is 0 Å². The zero-order valence-corrected chi connectivity index (χ0v) is 19.4. The van der Waals surface area contributed by atoms with Gasteiger partial charge in [0.15, 0.2) is 0 Å². The first-order chi connectivity index (χ1) is 16.2. The van der Waals surface area contributed by atoms with Crippen LogP contribution in [0.4, 0.5) is 0 Å². The SMILES string of the molecule is OC1=CC2SC3=c4cc(O)ccc4=C(c4ccc(OCCN5CCCCC5)cc4)C3C2C=C1. The molecule has 0 radical (unpaired) electrons. The van der Waals surface area contributed by atoms with Gasteiger partial charge in [-0.3, -0.25) is 4.90 Å². The molecule has 2 saturated heterocycles. The van der Waals surface area contributed by atoms with E-state index in [0.717, 1.165) is 24.1 Å². The first-order valence-electron chi connectivity index (χ1n) is 12.0. The maximum atomic E-state index is 10.2. The Morgan fingerprint density at radius 3 is 2.61 bits per heavy atom. The van der Waals surface area contributed by atoms with Crippen LogP contribution in [0, 0.1) is 11.8 Å². The van der Waals surface area contributed by atoms with E-state index in [0.29, 0.717) is 17.4 Å². The monoisotopic (exact) mass is 459 g/mol. The van der Waals surface area contributed by atoms with E-state index in [-0.39, 0.29) is 11.2 Å². The number of fused-ring (bicyclic) bond motifs is 4. The van der Waals surface area contributed by atoms with Gasteiger partial charge in [-0.25, -0.2) is 0 Å². The number of hydrogen-bond donors (Lipinski definition) is 2. The van der Waals surface area contributed by atoms with E-state index in [9.17, 15) is 10.2 Å². The van der Waals surface area contributed by atoms with Gasteiger partial charge < -0.3 is 14.9 Å². The average Bonchev–Trinajstić information content (AvgIpc) is 3.34. The summed E-state index contributed by atoms with van der Waals surface area (Å²) in [6.45, 7) is 4.09. The Kier molecular flexibility index (Phi) is 5.47. The van der Waals surface area contributed by atoms with Crippen LogP contribution >= 0.6 is 11.8 Å². The van der Waals surface area contributed by atoms with Crippen LogP contribution < -0.4 is 15.2 Å². The second-order valence-electron chi connectivity index (χ2n) is 9.37. The summed E-state index contributed by atoms with van der Waals surface area (Å²) in [7, 11) is 0. The predicted molar refractivity (Wildman–Crippen MR) is 134 cm³/mol. The van der Waals surface area contributed by atoms with Crippen molar-refractivity contribution in [2.45, 2.75) is 24.5 Å². The zero-order chi connectivity index (χ0) is 22.4. The molecule has 2 fully saturated rings. The Bertz CT molecular complexity index is 1240. The molecule has 0 amide bonds. The summed E-state index contributed by atoms with van der Waals surface area (Å²) < 4.78 is 6.06. The number of likely N-dealkylation sites (tertiary alicyclic amines) is 1. The van der Waals surface area contributed by atoms with Gasteiger partial charge in [-0.15, -0.1) is 11.8 Å². The summed E-state index contributed by atoms with van der Waals surface area (Å²) in [6.07, 6.45) is 9.89. The number of nitrogens with zero attached hydrogens (tertiary/aromatic N) is 1. The molecular formula is C28H29NO3S. The third-order valence-corrected chi connectivity index (χ3v) is 8.74. The largest absolute Gasteiger partial charge is 0.508 e. The van der Waals surface area contributed by atoms with Crippen LogP contribution in [0.5, 0.6) is 11.5 Å². The van der Waals surface area contributed by atoms with E-state index in [2.05, 4.69) is 35.2 Å². The number of aliphatic hydroxyl groups is 1. The highest BCUT2D eigenvalue weighted by Gasteiger charge is 2.44. The molecule has 33 heavy (non-hydrogen) atoms. The average molecular weight is 460 g/mol. The van der Waals surface area contributed by atoms with Crippen molar-refractivity contribution >= 4 is 22.2 Å². The molecule has 3 unspecified atom stereocenters. The van der Waals surface area contributed by atoms with E-state index in [1.54, 1.807) is 6.07 Å². The number of benzene rings is 2. The smallest absolute Gasteiger partial charge is 0.119 e. The maximum absolute atomic E-state index is 10.2. The lowest BCUT2D eigenvalue weighted by Gasteiger charge is -2.26. The van der Waals surface area contributed by atoms with Crippen LogP contribution in [0.15, 0.2) is 66.5 Å². The molecule has 2 N–H and O–H groups in total. The molecular weight excluding hydrogens is 430 g/mol. The van der Waals surface area contributed by atoms with E-state index >= 15 is 0 Å². The Morgan fingerprint density at radius 1 is 0.970 bits per heavy atom. The summed E-state index contributed by atoms with van der Waals surface area (Å²) in [5.74, 6) is 2.08. The standard InChI is InChI=1S/C28H29NO3S/c30-19-6-10-22-24(16-19)28-27(23-11-7-20(31)17-25(23)33-28)26(22)18-4-8-21(9-5-18)32-15-14-29-12-2-1-3-13-29/h4-11,16-17,23,25,27,30-31H,1-3,12-15H2. The number of thioether (sulfide) groups is 1. The van der Waals surface area contributed by atoms with Crippen molar-refractivity contribution in [3.05, 3.63) is 82.5 Å². The summed E-state index contributed by atoms with van der Waals surface area (Å²) in [5.41, 5.74) is 2.50. The number of ether oxygens (including phenoxy) is 1. The molecule has 6 rings (SSSR count). The van der Waals surface area contributed by atoms with Crippen molar-refractivity contribution < 1.29 is 14.9 Å². The zero-order valence-electron chi connectivity index (χ0n) is 18.6. The van der Waals surface area contributed by atoms with Crippen molar-refractivity contribution in [3.8, 4) is 11.5 Å². The molecule has 2 aromatic rings. The molecule has 0 saturated carbocycles. The predicted octanol–water partition coefficient (Wildman–Crippen LogP) is 3.94. The Labute approximate surface area is 198 Å². The van der Waals surface area contributed by atoms with Crippen LogP contribution in [-0.4, -0.2) is 46.6 Å². The van der Waals surface area contributed by atoms with Gasteiger partial charge in [0.2, 0.25) is 0 Å². The van der Waals surface area contributed by atoms with Crippen LogP contribution in [0.3, 0.4) is 0 Å². The fraction of sp³-hybridized carbons (Fsp3) is 0.357. The number of allylic oxidation sites excluding steroid dienone is 2. The second kappa shape index (κ2) is 8.62. The van der Waals surface area contributed by atoms with Gasteiger partial charge in [-0.1, -0.05) is 30.7 Å². The summed E-state index contributed by atoms with van der Waals surface area (Å²) in [6, 6.07) is 14.2. The number of hydrogen-bond acceptors (Lipinski definition) is 5. The highest BCUT2D eigenvalue weighted by atomic mass is 32.2. The fourth-order valence-electron chi connectivity index (χ4n) is 5.70. The van der Waals surface area contributed by atoms with Gasteiger partial charge >= 0.3 is 0 Å². The summed E-state index contributed by atoms with van der Waals surface area (Å²) in [4.78, 5) is 3.79. The molecule has 0 spiro atoms. The molecule has 2 aromatic carbocycles. The van der Waals surface area contributed by atoms with Crippen molar-refractivity contribution in [1.29, 1.82) is 0 Å². The Balaban J connectivity index is 1.28. The first kappa shape index (κ1) is 20.9. The molecule has 0 aromatic heterocycles. The van der Waals surface area contributed by atoms with E-state index in [1.807, 2.05) is 36.0 Å². The lowest BCUT2D eigenvalue weighted by molar-refractivity contribution is 0.183. The summed E-state index contributed by atoms with van der Waals surface area (Å²) in [5, 5.41) is 22.7. The Morgan fingerprint density at radius 2 is 1.79 bits per heavy atom. The van der Waals surface area contributed by atoms with Gasteiger partial charge in [-0.05, 0) is 83.9 Å². The fourth-order valence-corrected chi connectivity index (χ4v) is 7.32. The minimum Gasteiger partial charge on any atom is -0.508 e. The van der Waals surface area contributed by atoms with Gasteiger partial charge in [-0.2, -0.15) is 0 Å². The number of phenols is 1. The molecule has 4 aliphatic rings. The highest BCUT2D eigenvalue weighted by Crippen LogP contribution is 2.55. The van der Waals surface area contributed by atoms with Crippen molar-refractivity contribution in [2.75, 3.05) is 26.2 Å². The van der Waals surface area contributed by atoms with Crippen molar-refractivity contribution in [1.82, 2.24) is 4.90 Å². The Hall–Kier alpha value is -2.63. The number of rotatable bonds is 5. The minimum absolute atomic E-state index is 0.220. The number of phenolic OH excluding ortho intramolecular Hbond substituents is 1. The highest BCUT2D eigenvalue weighted by molar-refractivity contribution is 8.09. The van der Waals surface area contributed by atoms with Gasteiger partial charge in [0.1, 0.15) is 23.9 Å². The third-order valence-electron chi connectivity index (χ3n) is 7.29. The minimum atomic E-state index is 0.220.